The zero-order valence-corrected chi connectivity index (χ0v) is 11.2. The summed E-state index contributed by atoms with van der Waals surface area (Å²) in [5.74, 6) is 5.09. The van der Waals surface area contributed by atoms with E-state index in [2.05, 4.69) is 5.16 Å². The van der Waals surface area contributed by atoms with Crippen LogP contribution in [-0.2, 0) is 9.59 Å². The molecule has 2 amide bonds. The number of amides is 2. The fourth-order valence-electron chi connectivity index (χ4n) is 2.37. The van der Waals surface area contributed by atoms with Gasteiger partial charge in [-0.05, 0) is 12.8 Å². The second-order valence-corrected chi connectivity index (χ2v) is 4.88. The standard InChI is InChI=1S/C12H19N5O3/c13-11(18)1-2-12(19)17(10-7-15-20-8-10)9-3-5-16(14)6-4-9/h7-9H,1-6,14H2,(H2,13,18). The summed E-state index contributed by atoms with van der Waals surface area (Å²) in [6, 6.07) is 0.0366. The molecule has 0 unspecified atom stereocenters. The molecule has 2 rings (SSSR count). The Morgan fingerprint density at radius 1 is 1.40 bits per heavy atom. The minimum atomic E-state index is -0.486. The van der Waals surface area contributed by atoms with Crippen LogP contribution in [0.15, 0.2) is 17.0 Å². The number of hydrogen-bond donors (Lipinski definition) is 2. The number of piperidine rings is 1. The van der Waals surface area contributed by atoms with Gasteiger partial charge in [0.05, 0.1) is 6.20 Å². The highest BCUT2D eigenvalue weighted by atomic mass is 16.5. The number of nitrogens with zero attached hydrogens (tertiary/aromatic N) is 3. The third-order valence-electron chi connectivity index (χ3n) is 3.42. The highest BCUT2D eigenvalue weighted by molar-refractivity contribution is 5.95. The molecule has 4 N–H and O–H groups in total. The van der Waals surface area contributed by atoms with Crippen LogP contribution in [0.1, 0.15) is 25.7 Å². The Balaban J connectivity index is 2.09. The van der Waals surface area contributed by atoms with E-state index < -0.39 is 5.91 Å². The van der Waals surface area contributed by atoms with Gasteiger partial charge in [-0.1, -0.05) is 5.16 Å². The van der Waals surface area contributed by atoms with E-state index in [0.717, 1.165) is 25.9 Å². The van der Waals surface area contributed by atoms with E-state index in [0.29, 0.717) is 5.69 Å². The van der Waals surface area contributed by atoms with Crippen LogP contribution in [0.4, 0.5) is 5.69 Å². The van der Waals surface area contributed by atoms with Gasteiger partial charge in [0, 0.05) is 32.0 Å². The van der Waals surface area contributed by atoms with Crippen molar-refractivity contribution in [3.8, 4) is 0 Å². The molecule has 2 heterocycles. The van der Waals surface area contributed by atoms with Crippen molar-refractivity contribution in [1.29, 1.82) is 0 Å². The molecule has 0 atom stereocenters. The van der Waals surface area contributed by atoms with Gasteiger partial charge in [0.1, 0.15) is 12.0 Å². The molecule has 0 bridgehead atoms. The van der Waals surface area contributed by atoms with Crippen molar-refractivity contribution in [3.63, 3.8) is 0 Å². The topological polar surface area (TPSA) is 119 Å². The molecule has 1 aliphatic heterocycles. The second-order valence-electron chi connectivity index (χ2n) is 4.88. The Kier molecular flexibility index (Phi) is 4.70. The number of rotatable bonds is 5. The van der Waals surface area contributed by atoms with E-state index in [1.54, 1.807) is 9.91 Å². The van der Waals surface area contributed by atoms with Crippen molar-refractivity contribution in [2.24, 2.45) is 11.6 Å². The van der Waals surface area contributed by atoms with Gasteiger partial charge in [0.25, 0.3) is 0 Å². The smallest absolute Gasteiger partial charge is 0.227 e. The predicted octanol–water partition coefficient (Wildman–Crippen LogP) is -0.389. The molecule has 0 aliphatic carbocycles. The van der Waals surface area contributed by atoms with E-state index >= 15 is 0 Å². The minimum absolute atomic E-state index is 0.0366. The Labute approximate surface area is 116 Å². The lowest BCUT2D eigenvalue weighted by atomic mass is 10.0. The van der Waals surface area contributed by atoms with Crippen LogP contribution < -0.4 is 16.5 Å². The normalized spacial score (nSPS) is 17.1. The molecule has 8 heteroatoms. The summed E-state index contributed by atoms with van der Waals surface area (Å²) in [6.07, 6.45) is 4.58. The van der Waals surface area contributed by atoms with E-state index in [4.69, 9.17) is 16.1 Å². The van der Waals surface area contributed by atoms with Gasteiger partial charge in [0.2, 0.25) is 11.8 Å². The molecule has 1 saturated heterocycles. The van der Waals surface area contributed by atoms with Gasteiger partial charge < -0.3 is 15.2 Å². The van der Waals surface area contributed by atoms with Crippen molar-refractivity contribution in [2.75, 3.05) is 18.0 Å². The molecule has 0 radical (unpaired) electrons. The van der Waals surface area contributed by atoms with Crippen LogP contribution in [0.25, 0.3) is 0 Å². The Hall–Kier alpha value is -1.93. The predicted molar refractivity (Wildman–Crippen MR) is 71.2 cm³/mol. The van der Waals surface area contributed by atoms with Crippen molar-refractivity contribution >= 4 is 17.5 Å². The highest BCUT2D eigenvalue weighted by Gasteiger charge is 2.29. The number of anilines is 1. The third kappa shape index (κ3) is 3.55. The first-order valence-electron chi connectivity index (χ1n) is 6.57. The number of aromatic nitrogens is 1. The molecule has 0 saturated carbocycles. The van der Waals surface area contributed by atoms with Crippen LogP contribution in [0.2, 0.25) is 0 Å². The van der Waals surface area contributed by atoms with Gasteiger partial charge in [0.15, 0.2) is 0 Å². The van der Waals surface area contributed by atoms with E-state index in [1.807, 2.05) is 0 Å². The first kappa shape index (κ1) is 14.5. The molecule has 1 aliphatic rings. The lowest BCUT2D eigenvalue weighted by Crippen LogP contribution is -2.49. The van der Waals surface area contributed by atoms with Crippen molar-refractivity contribution in [3.05, 3.63) is 12.5 Å². The van der Waals surface area contributed by atoms with Gasteiger partial charge in [-0.2, -0.15) is 0 Å². The summed E-state index contributed by atoms with van der Waals surface area (Å²) in [7, 11) is 0. The Morgan fingerprint density at radius 3 is 2.65 bits per heavy atom. The lowest BCUT2D eigenvalue weighted by Gasteiger charge is -2.36. The molecule has 0 spiro atoms. The maximum atomic E-state index is 12.3. The number of carbonyl (C=O) groups is 2. The molecule has 110 valence electrons. The zero-order valence-electron chi connectivity index (χ0n) is 11.2. The highest BCUT2D eigenvalue weighted by Crippen LogP contribution is 2.23. The summed E-state index contributed by atoms with van der Waals surface area (Å²) >= 11 is 0. The van der Waals surface area contributed by atoms with Crippen LogP contribution in [0.5, 0.6) is 0 Å². The van der Waals surface area contributed by atoms with Crippen LogP contribution in [0.3, 0.4) is 0 Å². The maximum Gasteiger partial charge on any atom is 0.227 e. The molecular formula is C12H19N5O3. The summed E-state index contributed by atoms with van der Waals surface area (Å²) in [5.41, 5.74) is 5.70. The molecule has 1 aromatic heterocycles. The van der Waals surface area contributed by atoms with Gasteiger partial charge in [-0.15, -0.1) is 0 Å². The average molecular weight is 281 g/mol. The monoisotopic (exact) mass is 281 g/mol. The van der Waals surface area contributed by atoms with Crippen LogP contribution in [0, 0.1) is 0 Å². The zero-order chi connectivity index (χ0) is 14.5. The first-order valence-corrected chi connectivity index (χ1v) is 6.57. The van der Waals surface area contributed by atoms with E-state index in [1.165, 1.54) is 12.5 Å². The van der Waals surface area contributed by atoms with Gasteiger partial charge in [-0.3, -0.25) is 15.4 Å². The number of carbonyl (C=O) groups excluding carboxylic acids is 2. The third-order valence-corrected chi connectivity index (χ3v) is 3.42. The molecule has 1 fully saturated rings. The number of hydrazine groups is 1. The Morgan fingerprint density at radius 2 is 2.10 bits per heavy atom. The average Bonchev–Trinajstić information content (AvgIpc) is 2.93. The van der Waals surface area contributed by atoms with Gasteiger partial charge in [-0.25, -0.2) is 5.01 Å². The second kappa shape index (κ2) is 6.49. The fraction of sp³-hybridized carbons (Fsp3) is 0.583. The minimum Gasteiger partial charge on any atom is -0.370 e. The van der Waals surface area contributed by atoms with E-state index in [-0.39, 0.29) is 24.8 Å². The van der Waals surface area contributed by atoms with Crippen LogP contribution >= 0.6 is 0 Å². The Bertz CT molecular complexity index is 454. The summed E-state index contributed by atoms with van der Waals surface area (Å²) < 4.78 is 4.81. The quantitative estimate of drug-likeness (QED) is 0.709. The summed E-state index contributed by atoms with van der Waals surface area (Å²) in [4.78, 5) is 24.8. The molecule has 0 aromatic carbocycles. The largest absolute Gasteiger partial charge is 0.370 e. The number of nitrogens with two attached hydrogens (primary N) is 2. The summed E-state index contributed by atoms with van der Waals surface area (Å²) in [5, 5.41) is 5.37. The molecule has 8 nitrogen and oxygen atoms in total. The van der Waals surface area contributed by atoms with Crippen molar-refractivity contribution in [2.45, 2.75) is 31.7 Å². The van der Waals surface area contributed by atoms with Gasteiger partial charge >= 0.3 is 0 Å². The molecule has 20 heavy (non-hydrogen) atoms. The number of hydrogen-bond acceptors (Lipinski definition) is 6. The van der Waals surface area contributed by atoms with Crippen LogP contribution in [-0.4, -0.2) is 41.1 Å². The lowest BCUT2D eigenvalue weighted by molar-refractivity contribution is -0.123. The van der Waals surface area contributed by atoms with E-state index in [9.17, 15) is 9.59 Å². The molecule has 1 aromatic rings. The molecular weight excluding hydrogens is 262 g/mol. The fourth-order valence-corrected chi connectivity index (χ4v) is 2.37. The maximum absolute atomic E-state index is 12.3. The summed E-state index contributed by atoms with van der Waals surface area (Å²) in [6.45, 7) is 1.44. The number of primary amides is 1. The first-order chi connectivity index (χ1) is 9.58. The van der Waals surface area contributed by atoms with Crippen molar-refractivity contribution < 1.29 is 14.1 Å². The van der Waals surface area contributed by atoms with Crippen molar-refractivity contribution in [1.82, 2.24) is 10.2 Å². The SMILES string of the molecule is NC(=O)CCC(=O)N(c1cnoc1)C1CCN(N)CC1.